The van der Waals surface area contributed by atoms with Crippen LogP contribution in [0.2, 0.25) is 18.1 Å². The van der Waals surface area contributed by atoms with Crippen LogP contribution in [0.5, 0.6) is 0 Å². The summed E-state index contributed by atoms with van der Waals surface area (Å²) in [6, 6.07) is 8.10. The van der Waals surface area contributed by atoms with Crippen molar-refractivity contribution in [1.29, 1.82) is 0 Å². The van der Waals surface area contributed by atoms with Crippen molar-refractivity contribution < 1.29 is 9.22 Å². The smallest absolute Gasteiger partial charge is 0.192 e. The van der Waals surface area contributed by atoms with Crippen LogP contribution in [0.25, 0.3) is 10.2 Å². The number of thiazole rings is 1. The van der Waals surface area contributed by atoms with E-state index in [0.29, 0.717) is 13.0 Å². The molecule has 3 nitrogen and oxygen atoms in total. The summed E-state index contributed by atoms with van der Waals surface area (Å²) in [7, 11) is -1.86. The zero-order valence-corrected chi connectivity index (χ0v) is 18.5. The topological polar surface area (TPSA) is 39.2 Å². The molecule has 0 fully saturated rings. The molecule has 0 saturated carbocycles. The summed E-state index contributed by atoms with van der Waals surface area (Å²) in [5.74, 6) is 0.127. The van der Waals surface area contributed by atoms with Gasteiger partial charge >= 0.3 is 0 Å². The van der Waals surface area contributed by atoms with E-state index in [0.717, 1.165) is 19.5 Å². The fourth-order valence-corrected chi connectivity index (χ4v) is 5.04. The predicted molar refractivity (Wildman–Crippen MR) is 112 cm³/mol. The van der Waals surface area contributed by atoms with Gasteiger partial charge in [0, 0.05) is 11.3 Å². The minimum Gasteiger partial charge on any atom is -0.412 e. The fraction of sp³-hybridized carbons (Fsp3) is 0.474. The second-order valence-corrected chi connectivity index (χ2v) is 14.7. The molecule has 0 N–H and O–H groups in total. The summed E-state index contributed by atoms with van der Waals surface area (Å²) >= 11 is 3.21. The summed E-state index contributed by atoms with van der Waals surface area (Å²) in [5, 5.41) is 0.146. The molecule has 0 amide bonds. The lowest BCUT2D eigenvalue weighted by Gasteiger charge is -2.36. The number of ketones is 1. The summed E-state index contributed by atoms with van der Waals surface area (Å²) in [5.41, 5.74) is 1.00. The maximum Gasteiger partial charge on any atom is 0.192 e. The van der Waals surface area contributed by atoms with E-state index < -0.39 is 8.32 Å². The van der Waals surface area contributed by atoms with Gasteiger partial charge in [-0.1, -0.05) is 51.6 Å². The normalized spacial score (nSPS) is 13.4. The molecule has 0 aliphatic rings. The van der Waals surface area contributed by atoms with E-state index in [-0.39, 0.29) is 10.8 Å². The third kappa shape index (κ3) is 5.51. The predicted octanol–water partition coefficient (Wildman–Crippen LogP) is 6.27. The van der Waals surface area contributed by atoms with E-state index in [4.69, 9.17) is 4.43 Å². The maximum atomic E-state index is 12.0. The second kappa shape index (κ2) is 8.16. The average Bonchev–Trinajstić information content (AvgIpc) is 2.93. The standard InChI is InChI=1S/C19H27NO2S2Si/c1-7-14(21)12-15(13-22-25(5,6)19(2,3)4)23-18-20-16-10-8-9-11-17(16)24-18/h8-12H,7,13H2,1-6H3/b15-12-. The molecule has 25 heavy (non-hydrogen) atoms. The highest BCUT2D eigenvalue weighted by atomic mass is 32.2. The van der Waals surface area contributed by atoms with Gasteiger partial charge in [-0.05, 0) is 36.3 Å². The summed E-state index contributed by atoms with van der Waals surface area (Å²) in [4.78, 5) is 17.6. The monoisotopic (exact) mass is 393 g/mol. The first-order chi connectivity index (χ1) is 11.6. The van der Waals surface area contributed by atoms with E-state index >= 15 is 0 Å². The summed E-state index contributed by atoms with van der Waals surface area (Å²) in [6.07, 6.45) is 2.23. The van der Waals surface area contributed by atoms with Gasteiger partial charge < -0.3 is 4.43 Å². The number of fused-ring (bicyclic) bond motifs is 1. The van der Waals surface area contributed by atoms with Crippen LogP contribution in [0.15, 0.2) is 39.6 Å². The molecule has 0 unspecified atom stereocenters. The number of para-hydroxylation sites is 1. The second-order valence-electron chi connectivity index (χ2n) is 7.53. The van der Waals surface area contributed by atoms with Crippen LogP contribution in [-0.2, 0) is 9.22 Å². The number of thioether (sulfide) groups is 1. The lowest BCUT2D eigenvalue weighted by atomic mass is 10.2. The third-order valence-corrected chi connectivity index (χ3v) is 11.1. The van der Waals surface area contributed by atoms with Gasteiger partial charge in [-0.25, -0.2) is 4.98 Å². The number of carbonyl (C=O) groups is 1. The number of nitrogens with zero attached hydrogens (tertiary/aromatic N) is 1. The summed E-state index contributed by atoms with van der Waals surface area (Å²) in [6.45, 7) is 13.5. The van der Waals surface area contributed by atoms with E-state index in [9.17, 15) is 4.79 Å². The number of carbonyl (C=O) groups excluding carboxylic acids is 1. The first-order valence-corrected chi connectivity index (χ1v) is 13.1. The Balaban J connectivity index is 2.18. The zero-order chi connectivity index (χ0) is 18.7. The zero-order valence-electron chi connectivity index (χ0n) is 15.9. The molecule has 0 bridgehead atoms. The van der Waals surface area contributed by atoms with Crippen LogP contribution in [0.4, 0.5) is 0 Å². The SMILES string of the molecule is CCC(=O)/C=C(/CO[Si](C)(C)C(C)(C)C)Sc1nc2ccccc2s1. The largest absolute Gasteiger partial charge is 0.412 e. The lowest BCUT2D eigenvalue weighted by molar-refractivity contribution is -0.114. The number of rotatable bonds is 7. The maximum absolute atomic E-state index is 12.0. The van der Waals surface area contributed by atoms with Gasteiger partial charge in [-0.3, -0.25) is 4.79 Å². The molecule has 136 valence electrons. The van der Waals surface area contributed by atoms with Crippen molar-refractivity contribution in [1.82, 2.24) is 4.98 Å². The minimum absolute atomic E-state index is 0.127. The highest BCUT2D eigenvalue weighted by Crippen LogP contribution is 2.39. The lowest BCUT2D eigenvalue weighted by Crippen LogP contribution is -2.41. The highest BCUT2D eigenvalue weighted by Gasteiger charge is 2.37. The molecular formula is C19H27NO2S2Si. The Kier molecular flexibility index (Phi) is 6.65. The Morgan fingerprint density at radius 2 is 2.00 bits per heavy atom. The Morgan fingerprint density at radius 3 is 2.60 bits per heavy atom. The van der Waals surface area contributed by atoms with Gasteiger partial charge in [-0.15, -0.1) is 11.3 Å². The molecule has 0 radical (unpaired) electrons. The Hall–Kier alpha value is -0.953. The third-order valence-electron chi connectivity index (χ3n) is 4.54. The van der Waals surface area contributed by atoms with E-state index in [1.807, 2.05) is 25.1 Å². The molecule has 0 aliphatic heterocycles. The van der Waals surface area contributed by atoms with Crippen LogP contribution >= 0.6 is 23.1 Å². The molecule has 1 aromatic heterocycles. The van der Waals surface area contributed by atoms with Crippen molar-refractivity contribution in [3.8, 4) is 0 Å². The highest BCUT2D eigenvalue weighted by molar-refractivity contribution is 8.04. The minimum atomic E-state index is -1.86. The van der Waals surface area contributed by atoms with Crippen LogP contribution in [0, 0.1) is 0 Å². The molecule has 1 heterocycles. The quantitative estimate of drug-likeness (QED) is 0.315. The fourth-order valence-electron chi connectivity index (χ4n) is 1.86. The van der Waals surface area contributed by atoms with E-state index in [1.54, 1.807) is 29.2 Å². The number of hydrogen-bond acceptors (Lipinski definition) is 5. The Morgan fingerprint density at radius 1 is 1.32 bits per heavy atom. The van der Waals surface area contributed by atoms with Crippen LogP contribution < -0.4 is 0 Å². The Bertz CT molecular complexity index is 742. The molecule has 1 aromatic carbocycles. The molecule has 0 saturated heterocycles. The van der Waals surface area contributed by atoms with Gasteiger partial charge in [0.25, 0.3) is 0 Å². The van der Waals surface area contributed by atoms with Gasteiger partial charge in [0.15, 0.2) is 18.4 Å². The molecule has 6 heteroatoms. The van der Waals surface area contributed by atoms with E-state index in [2.05, 4.69) is 44.9 Å². The Labute approximate surface area is 160 Å². The molecule has 2 aromatic rings. The molecule has 0 atom stereocenters. The van der Waals surface area contributed by atoms with Crippen molar-refractivity contribution in [3.63, 3.8) is 0 Å². The first-order valence-electron chi connectivity index (χ1n) is 8.53. The molecule has 0 aliphatic carbocycles. The van der Waals surface area contributed by atoms with Gasteiger partial charge in [-0.2, -0.15) is 0 Å². The van der Waals surface area contributed by atoms with E-state index in [1.165, 1.54) is 0 Å². The average molecular weight is 394 g/mol. The number of hydrogen-bond donors (Lipinski definition) is 0. The van der Waals surface area contributed by atoms with Crippen LogP contribution in [0.1, 0.15) is 34.1 Å². The number of allylic oxidation sites excluding steroid dienone is 1. The molecular weight excluding hydrogens is 366 g/mol. The van der Waals surface area contributed by atoms with Crippen molar-refractivity contribution in [2.75, 3.05) is 6.61 Å². The van der Waals surface area contributed by atoms with Gasteiger partial charge in [0.2, 0.25) is 0 Å². The molecule has 2 rings (SSSR count). The van der Waals surface area contributed by atoms with Crippen molar-refractivity contribution in [2.24, 2.45) is 0 Å². The first kappa shape index (κ1) is 20.4. The van der Waals surface area contributed by atoms with Crippen molar-refractivity contribution in [2.45, 2.75) is 56.6 Å². The van der Waals surface area contributed by atoms with Crippen molar-refractivity contribution >= 4 is 47.4 Å². The number of benzene rings is 1. The van der Waals surface area contributed by atoms with Crippen LogP contribution in [-0.4, -0.2) is 25.7 Å². The number of aromatic nitrogens is 1. The van der Waals surface area contributed by atoms with Crippen LogP contribution in [0.3, 0.4) is 0 Å². The molecule has 0 spiro atoms. The van der Waals surface area contributed by atoms with Crippen molar-refractivity contribution in [3.05, 3.63) is 35.2 Å². The van der Waals surface area contributed by atoms with Gasteiger partial charge in [0.05, 0.1) is 16.8 Å². The van der Waals surface area contributed by atoms with Gasteiger partial charge in [0.1, 0.15) is 0 Å². The summed E-state index contributed by atoms with van der Waals surface area (Å²) < 4.78 is 8.44.